The van der Waals surface area contributed by atoms with Gasteiger partial charge in [-0.1, -0.05) is 59.6 Å². The summed E-state index contributed by atoms with van der Waals surface area (Å²) in [7, 11) is 0. The number of hydrogen-bond acceptors (Lipinski definition) is 3. The number of pyridine rings is 2. The highest BCUT2D eigenvalue weighted by atomic mass is 35.5. The summed E-state index contributed by atoms with van der Waals surface area (Å²) in [5.74, 6) is -0.562. The molecule has 2 heterocycles. The molecular weight excluding hydrogens is 445 g/mol. The van der Waals surface area contributed by atoms with Gasteiger partial charge in [-0.3, -0.25) is 14.6 Å². The van der Waals surface area contributed by atoms with Crippen molar-refractivity contribution in [3.05, 3.63) is 116 Å². The molecule has 0 aliphatic heterocycles. The van der Waals surface area contributed by atoms with Gasteiger partial charge in [0.15, 0.2) is 5.43 Å². The van der Waals surface area contributed by atoms with Crippen molar-refractivity contribution in [2.75, 3.05) is 5.32 Å². The maximum Gasteiger partial charge on any atom is 0.261 e. The van der Waals surface area contributed by atoms with Crippen LogP contribution in [0.5, 0.6) is 0 Å². The van der Waals surface area contributed by atoms with Gasteiger partial charge in [-0.25, -0.2) is 0 Å². The second-order valence-electron chi connectivity index (χ2n) is 7.19. The van der Waals surface area contributed by atoms with Gasteiger partial charge < -0.3 is 9.88 Å². The van der Waals surface area contributed by atoms with Crippen LogP contribution in [0, 0.1) is 6.92 Å². The molecule has 0 saturated carbocycles. The number of benzene rings is 2. The molecule has 2 aromatic heterocycles. The Balaban J connectivity index is 1.94. The maximum atomic E-state index is 13.4. The first-order chi connectivity index (χ1) is 15.5. The number of rotatable bonds is 5. The Bertz CT molecular complexity index is 1350. The number of nitrogens with zero attached hydrogens (tertiary/aromatic N) is 2. The van der Waals surface area contributed by atoms with E-state index in [0.717, 1.165) is 5.69 Å². The molecule has 7 heteroatoms. The minimum Gasteiger partial charge on any atom is -0.338 e. The van der Waals surface area contributed by atoms with Crippen LogP contribution in [0.3, 0.4) is 0 Å². The topological polar surface area (TPSA) is 64.0 Å². The normalized spacial score (nSPS) is 10.7. The molecule has 0 unspecified atom stereocenters. The van der Waals surface area contributed by atoms with Crippen molar-refractivity contribution >= 4 is 34.8 Å². The van der Waals surface area contributed by atoms with E-state index in [4.69, 9.17) is 23.2 Å². The summed E-state index contributed by atoms with van der Waals surface area (Å²) in [6, 6.07) is 21.0. The molecule has 0 saturated heterocycles. The minimum absolute atomic E-state index is 0.0143. The molecule has 0 aliphatic rings. The van der Waals surface area contributed by atoms with E-state index in [1.807, 2.05) is 35.8 Å². The molecule has 2 aromatic carbocycles. The van der Waals surface area contributed by atoms with Crippen LogP contribution in [0.15, 0.2) is 83.8 Å². The van der Waals surface area contributed by atoms with Crippen molar-refractivity contribution < 1.29 is 4.79 Å². The zero-order valence-electron chi connectivity index (χ0n) is 17.2. The van der Waals surface area contributed by atoms with Gasteiger partial charge in [-0.15, -0.1) is 0 Å². The predicted octanol–water partition coefficient (Wildman–Crippen LogP) is 5.83. The molecule has 0 bridgehead atoms. The van der Waals surface area contributed by atoms with Crippen molar-refractivity contribution in [1.82, 2.24) is 9.55 Å². The summed E-state index contributed by atoms with van der Waals surface area (Å²) in [5, 5.41) is 3.57. The van der Waals surface area contributed by atoms with Crippen LogP contribution in [0.1, 0.15) is 21.7 Å². The predicted molar refractivity (Wildman–Crippen MR) is 129 cm³/mol. The molecule has 0 fully saturated rings. The van der Waals surface area contributed by atoms with Crippen LogP contribution >= 0.6 is 23.2 Å². The molecule has 1 amide bonds. The third-order valence-electron chi connectivity index (χ3n) is 5.04. The Labute approximate surface area is 195 Å². The lowest BCUT2D eigenvalue weighted by Gasteiger charge is -2.21. The summed E-state index contributed by atoms with van der Waals surface area (Å²) >= 11 is 12.7. The van der Waals surface area contributed by atoms with Gasteiger partial charge in [-0.2, -0.15) is 0 Å². The number of amides is 1. The molecule has 5 nitrogen and oxygen atoms in total. The number of hydrogen-bond donors (Lipinski definition) is 1. The van der Waals surface area contributed by atoms with Gasteiger partial charge in [0.1, 0.15) is 5.56 Å². The largest absolute Gasteiger partial charge is 0.338 e. The van der Waals surface area contributed by atoms with E-state index in [1.54, 1.807) is 48.7 Å². The molecule has 0 radical (unpaired) electrons. The van der Waals surface area contributed by atoms with Crippen LogP contribution in [-0.4, -0.2) is 15.5 Å². The van der Waals surface area contributed by atoms with E-state index >= 15 is 0 Å². The molecule has 160 valence electrons. The van der Waals surface area contributed by atoms with E-state index in [2.05, 4.69) is 10.3 Å². The van der Waals surface area contributed by atoms with Gasteiger partial charge in [0.25, 0.3) is 5.91 Å². The van der Waals surface area contributed by atoms with Crippen molar-refractivity contribution in [3.63, 3.8) is 0 Å². The Morgan fingerprint density at radius 1 is 0.969 bits per heavy atom. The van der Waals surface area contributed by atoms with Crippen LogP contribution < -0.4 is 10.7 Å². The summed E-state index contributed by atoms with van der Waals surface area (Å²) in [4.78, 5) is 30.9. The Hall–Kier alpha value is -3.41. The van der Waals surface area contributed by atoms with Crippen LogP contribution in [-0.2, 0) is 6.54 Å². The second-order valence-corrected chi connectivity index (χ2v) is 8.01. The lowest BCUT2D eigenvalue weighted by Crippen LogP contribution is -2.27. The lowest BCUT2D eigenvalue weighted by atomic mass is 10.0. The average Bonchev–Trinajstić information content (AvgIpc) is 2.78. The quantitative estimate of drug-likeness (QED) is 0.405. The van der Waals surface area contributed by atoms with E-state index in [1.165, 1.54) is 6.07 Å². The van der Waals surface area contributed by atoms with Crippen LogP contribution in [0.4, 0.5) is 5.69 Å². The van der Waals surface area contributed by atoms with Gasteiger partial charge >= 0.3 is 0 Å². The number of nitrogens with one attached hydrogen (secondary N) is 1. The highest BCUT2D eigenvalue weighted by Gasteiger charge is 2.24. The van der Waals surface area contributed by atoms with E-state index in [0.29, 0.717) is 39.2 Å². The number of anilines is 1. The Kier molecular flexibility index (Phi) is 6.40. The van der Waals surface area contributed by atoms with Crippen LogP contribution in [0.25, 0.3) is 11.3 Å². The summed E-state index contributed by atoms with van der Waals surface area (Å²) < 4.78 is 1.88. The zero-order chi connectivity index (χ0) is 22.7. The molecular formula is C25H19Cl2N3O2. The van der Waals surface area contributed by atoms with Gasteiger partial charge in [0.2, 0.25) is 0 Å². The summed E-state index contributed by atoms with van der Waals surface area (Å²) in [6.45, 7) is 2.18. The Morgan fingerprint density at radius 2 is 1.66 bits per heavy atom. The van der Waals surface area contributed by atoms with Gasteiger partial charge in [0.05, 0.1) is 28.6 Å². The maximum absolute atomic E-state index is 13.4. The highest BCUT2D eigenvalue weighted by Crippen LogP contribution is 2.31. The van der Waals surface area contributed by atoms with Gasteiger partial charge in [0, 0.05) is 28.5 Å². The first kappa shape index (κ1) is 21.8. The number of aryl methyl sites for hydroxylation is 1. The Morgan fingerprint density at radius 3 is 2.34 bits per heavy atom. The first-order valence-electron chi connectivity index (χ1n) is 9.91. The van der Waals surface area contributed by atoms with E-state index in [-0.39, 0.29) is 5.56 Å². The summed E-state index contributed by atoms with van der Waals surface area (Å²) in [5.41, 5.74) is 2.47. The van der Waals surface area contributed by atoms with Gasteiger partial charge in [-0.05, 0) is 37.3 Å². The fourth-order valence-corrected chi connectivity index (χ4v) is 3.93. The lowest BCUT2D eigenvalue weighted by molar-refractivity contribution is 0.102. The second kappa shape index (κ2) is 9.39. The standard InChI is InChI=1S/C25H19Cl2N3O2/c1-16-14-22(31)23(25(32)29-21-12-5-4-11-20(21)27)24(18-9-2-3-10-19(18)26)30(16)15-17-8-6-7-13-28-17/h2-14H,15H2,1H3,(H,29,32). The number of carbonyl (C=O) groups excluding carboxylic acids is 1. The van der Waals surface area contributed by atoms with E-state index < -0.39 is 11.3 Å². The molecule has 0 atom stereocenters. The average molecular weight is 464 g/mol. The molecule has 4 aromatic rings. The van der Waals surface area contributed by atoms with Crippen molar-refractivity contribution in [2.45, 2.75) is 13.5 Å². The monoisotopic (exact) mass is 463 g/mol. The first-order valence-corrected chi connectivity index (χ1v) is 10.7. The number of para-hydroxylation sites is 1. The van der Waals surface area contributed by atoms with Crippen molar-refractivity contribution in [3.8, 4) is 11.3 Å². The highest BCUT2D eigenvalue weighted by molar-refractivity contribution is 6.34. The van der Waals surface area contributed by atoms with E-state index in [9.17, 15) is 9.59 Å². The SMILES string of the molecule is Cc1cc(=O)c(C(=O)Nc2ccccc2Cl)c(-c2ccccc2Cl)n1Cc1ccccn1. The number of halogens is 2. The molecule has 1 N–H and O–H groups in total. The third-order valence-corrected chi connectivity index (χ3v) is 5.70. The molecule has 0 spiro atoms. The van der Waals surface area contributed by atoms with Crippen molar-refractivity contribution in [1.29, 1.82) is 0 Å². The fraction of sp³-hybridized carbons (Fsp3) is 0.0800. The smallest absolute Gasteiger partial charge is 0.261 e. The van der Waals surface area contributed by atoms with Crippen LogP contribution in [0.2, 0.25) is 10.0 Å². The molecule has 4 rings (SSSR count). The third kappa shape index (κ3) is 4.44. The number of aromatic nitrogens is 2. The van der Waals surface area contributed by atoms with Crippen molar-refractivity contribution in [2.24, 2.45) is 0 Å². The zero-order valence-corrected chi connectivity index (χ0v) is 18.7. The molecule has 32 heavy (non-hydrogen) atoms. The molecule has 0 aliphatic carbocycles. The minimum atomic E-state index is -0.562. The number of carbonyl (C=O) groups is 1. The summed E-state index contributed by atoms with van der Waals surface area (Å²) in [6.07, 6.45) is 1.70. The fourth-order valence-electron chi connectivity index (χ4n) is 3.53.